The van der Waals surface area contributed by atoms with Crippen molar-refractivity contribution in [1.29, 1.82) is 0 Å². The summed E-state index contributed by atoms with van der Waals surface area (Å²) in [5.74, 6) is -2.55. The lowest BCUT2D eigenvalue weighted by Crippen LogP contribution is -2.30. The molecule has 0 saturated heterocycles. The van der Waals surface area contributed by atoms with E-state index < -0.39 is 29.4 Å². The lowest BCUT2D eigenvalue weighted by molar-refractivity contribution is -0.123. The molecule has 0 fully saturated rings. The minimum atomic E-state index is -1.23. The number of esters is 1. The number of pyridine rings is 1. The number of carbonyl (C=O) groups is 2. The van der Waals surface area contributed by atoms with E-state index in [0.29, 0.717) is 5.02 Å². The Balaban J connectivity index is 2.07. The van der Waals surface area contributed by atoms with Crippen LogP contribution in [0, 0.1) is 5.82 Å². The normalized spacial score (nSPS) is 11.7. The fraction of sp³-hybridized carbons (Fsp3) is 0.133. The van der Waals surface area contributed by atoms with E-state index >= 15 is 0 Å². The van der Waals surface area contributed by atoms with E-state index in [1.807, 2.05) is 0 Å². The minimum Gasteiger partial charge on any atom is -0.449 e. The maximum Gasteiger partial charge on any atom is 0.343 e. The van der Waals surface area contributed by atoms with Crippen LogP contribution < -0.4 is 5.32 Å². The molecule has 1 heterocycles. The third-order valence-corrected chi connectivity index (χ3v) is 3.68. The Morgan fingerprint density at radius 3 is 2.58 bits per heavy atom. The topological polar surface area (TPSA) is 68.3 Å². The largest absolute Gasteiger partial charge is 0.449 e. The Morgan fingerprint density at radius 1 is 1.25 bits per heavy atom. The highest BCUT2D eigenvalue weighted by Gasteiger charge is 2.24. The molecule has 126 valence electrons. The Morgan fingerprint density at radius 2 is 1.96 bits per heavy atom. The predicted molar refractivity (Wildman–Crippen MR) is 89.2 cm³/mol. The fourth-order valence-electron chi connectivity index (χ4n) is 1.69. The van der Waals surface area contributed by atoms with E-state index in [9.17, 15) is 14.0 Å². The molecule has 0 saturated carbocycles. The van der Waals surface area contributed by atoms with Gasteiger partial charge in [0.2, 0.25) is 0 Å². The number of nitrogens with one attached hydrogen (secondary N) is 1. The zero-order valence-corrected chi connectivity index (χ0v) is 14.4. The Bertz CT molecular complexity index is 781. The maximum atomic E-state index is 13.7. The van der Waals surface area contributed by atoms with Crippen molar-refractivity contribution < 1.29 is 18.7 Å². The first kappa shape index (κ1) is 18.4. The lowest BCUT2D eigenvalue weighted by Gasteiger charge is -2.14. The second-order valence-corrected chi connectivity index (χ2v) is 5.87. The summed E-state index contributed by atoms with van der Waals surface area (Å²) in [5.41, 5.74) is -0.443. The third kappa shape index (κ3) is 4.35. The lowest BCUT2D eigenvalue weighted by atomic mass is 10.2. The van der Waals surface area contributed by atoms with Gasteiger partial charge in [0.25, 0.3) is 5.91 Å². The van der Waals surface area contributed by atoms with Crippen molar-refractivity contribution in [3.05, 3.63) is 56.9 Å². The van der Waals surface area contributed by atoms with Gasteiger partial charge in [-0.3, -0.25) is 4.79 Å². The molecule has 0 spiro atoms. The first-order valence-corrected chi connectivity index (χ1v) is 7.70. The fourth-order valence-corrected chi connectivity index (χ4v) is 2.36. The number of anilines is 1. The highest BCUT2D eigenvalue weighted by atomic mass is 35.5. The standard InChI is InChI=1S/C15H10Cl3FN2O3/c1-7(14(22)21-13-10(18)5-8(16)6-20-13)24-15(23)12-9(17)3-2-4-11(12)19/h2-7H,1H3,(H,20,21,22)/t7-/m1/s1. The number of rotatable bonds is 4. The SMILES string of the molecule is C[C@@H](OC(=O)c1c(F)cccc1Cl)C(=O)Nc1ncc(Cl)cc1Cl. The van der Waals surface area contributed by atoms with Gasteiger partial charge < -0.3 is 10.1 Å². The number of benzene rings is 1. The van der Waals surface area contributed by atoms with Crippen molar-refractivity contribution in [3.8, 4) is 0 Å². The second kappa shape index (κ2) is 7.79. The number of nitrogens with zero attached hydrogens (tertiary/aromatic N) is 1. The molecule has 2 aromatic rings. The maximum absolute atomic E-state index is 13.7. The number of hydrogen-bond donors (Lipinski definition) is 1. The molecule has 1 amide bonds. The van der Waals surface area contributed by atoms with E-state index in [0.717, 1.165) is 6.07 Å². The smallest absolute Gasteiger partial charge is 0.343 e. The van der Waals surface area contributed by atoms with Crippen LogP contribution in [0.2, 0.25) is 15.1 Å². The minimum absolute atomic E-state index is 0.0536. The quantitative estimate of drug-likeness (QED) is 0.786. The first-order chi connectivity index (χ1) is 11.3. The summed E-state index contributed by atoms with van der Waals surface area (Å²) in [6.07, 6.45) is 0.0560. The summed E-state index contributed by atoms with van der Waals surface area (Å²) in [6.45, 7) is 1.31. The van der Waals surface area contributed by atoms with Crippen molar-refractivity contribution in [2.75, 3.05) is 5.32 Å². The van der Waals surface area contributed by atoms with Gasteiger partial charge in [-0.05, 0) is 25.1 Å². The third-order valence-electron chi connectivity index (χ3n) is 2.87. The van der Waals surface area contributed by atoms with Crippen LogP contribution in [0.15, 0.2) is 30.5 Å². The average molecular weight is 392 g/mol. The molecule has 24 heavy (non-hydrogen) atoms. The van der Waals surface area contributed by atoms with Crippen LogP contribution in [0.25, 0.3) is 0 Å². The summed E-state index contributed by atoms with van der Waals surface area (Å²) in [7, 11) is 0. The first-order valence-electron chi connectivity index (χ1n) is 6.56. The molecule has 5 nitrogen and oxygen atoms in total. The molecule has 0 radical (unpaired) electrons. The van der Waals surface area contributed by atoms with Crippen molar-refractivity contribution >= 4 is 52.5 Å². The van der Waals surface area contributed by atoms with Crippen molar-refractivity contribution in [3.63, 3.8) is 0 Å². The van der Waals surface area contributed by atoms with Crippen LogP contribution in [0.5, 0.6) is 0 Å². The second-order valence-electron chi connectivity index (χ2n) is 4.62. The van der Waals surface area contributed by atoms with E-state index in [2.05, 4.69) is 10.3 Å². The molecule has 0 bridgehead atoms. The number of halogens is 4. The molecule has 1 atom stereocenters. The zero-order chi connectivity index (χ0) is 17.9. The zero-order valence-electron chi connectivity index (χ0n) is 12.1. The van der Waals surface area contributed by atoms with Crippen LogP contribution in [0.3, 0.4) is 0 Å². The van der Waals surface area contributed by atoms with Gasteiger partial charge in [-0.25, -0.2) is 14.2 Å². The number of hydrogen-bond acceptors (Lipinski definition) is 4. The highest BCUT2D eigenvalue weighted by Crippen LogP contribution is 2.23. The van der Waals surface area contributed by atoms with Crippen LogP contribution in [-0.2, 0) is 9.53 Å². The summed E-state index contributed by atoms with van der Waals surface area (Å²) < 4.78 is 18.6. The van der Waals surface area contributed by atoms with E-state index in [1.165, 1.54) is 31.3 Å². The number of aromatic nitrogens is 1. The van der Waals surface area contributed by atoms with Crippen molar-refractivity contribution in [2.45, 2.75) is 13.0 Å². The molecular weight excluding hydrogens is 382 g/mol. The summed E-state index contributed by atoms with van der Waals surface area (Å²) >= 11 is 17.4. The van der Waals surface area contributed by atoms with Crippen LogP contribution in [-0.4, -0.2) is 23.0 Å². The Labute approximate surface area is 151 Å². The summed E-state index contributed by atoms with van der Waals surface area (Å²) in [4.78, 5) is 27.9. The molecule has 0 unspecified atom stereocenters. The highest BCUT2D eigenvalue weighted by molar-refractivity contribution is 6.36. The number of amides is 1. The predicted octanol–water partition coefficient (Wildman–Crippen LogP) is 4.36. The molecule has 1 aromatic carbocycles. The average Bonchev–Trinajstić information content (AvgIpc) is 2.49. The van der Waals surface area contributed by atoms with Gasteiger partial charge in [-0.1, -0.05) is 40.9 Å². The monoisotopic (exact) mass is 390 g/mol. The van der Waals surface area contributed by atoms with Gasteiger partial charge in [0.05, 0.1) is 15.1 Å². The number of carbonyl (C=O) groups excluding carboxylic acids is 2. The molecule has 9 heteroatoms. The molecule has 0 aliphatic carbocycles. The van der Waals surface area contributed by atoms with Crippen molar-refractivity contribution in [2.24, 2.45) is 0 Å². The van der Waals surface area contributed by atoms with E-state index in [1.54, 1.807) is 0 Å². The van der Waals surface area contributed by atoms with Gasteiger partial charge >= 0.3 is 5.97 Å². The molecule has 2 rings (SSSR count). The van der Waals surface area contributed by atoms with Gasteiger partial charge in [0, 0.05) is 6.20 Å². The van der Waals surface area contributed by atoms with Gasteiger partial charge in [-0.2, -0.15) is 0 Å². The summed E-state index contributed by atoms with van der Waals surface area (Å²) in [5, 5.41) is 2.68. The molecule has 1 aromatic heterocycles. The van der Waals surface area contributed by atoms with Crippen LogP contribution >= 0.6 is 34.8 Å². The van der Waals surface area contributed by atoms with E-state index in [4.69, 9.17) is 39.5 Å². The molecule has 0 aliphatic rings. The van der Waals surface area contributed by atoms with Gasteiger partial charge in [0.15, 0.2) is 11.9 Å². The molecule has 0 aliphatic heterocycles. The molecule has 1 N–H and O–H groups in total. The number of ether oxygens (including phenoxy) is 1. The van der Waals surface area contributed by atoms with Crippen molar-refractivity contribution in [1.82, 2.24) is 4.98 Å². The van der Waals surface area contributed by atoms with Gasteiger partial charge in [0.1, 0.15) is 11.4 Å². The molecular formula is C15H10Cl3FN2O3. The Hall–Kier alpha value is -1.89. The van der Waals surface area contributed by atoms with E-state index in [-0.39, 0.29) is 15.9 Å². The van der Waals surface area contributed by atoms with Crippen LogP contribution in [0.4, 0.5) is 10.2 Å². The van der Waals surface area contributed by atoms with Gasteiger partial charge in [-0.15, -0.1) is 0 Å². The summed E-state index contributed by atoms with van der Waals surface area (Å²) in [6, 6.07) is 5.13. The Kier molecular flexibility index (Phi) is 5.99. The van der Waals surface area contributed by atoms with Crippen LogP contribution in [0.1, 0.15) is 17.3 Å².